The zero-order valence-corrected chi connectivity index (χ0v) is 11.7. The average Bonchev–Trinajstić information content (AvgIpc) is 2.85. The summed E-state index contributed by atoms with van der Waals surface area (Å²) in [7, 11) is -2.54. The maximum absolute atomic E-state index is 12.4. The molecule has 1 aromatic heterocycles. The van der Waals surface area contributed by atoms with Crippen LogP contribution in [-0.2, 0) is 14.8 Å². The van der Waals surface area contributed by atoms with Gasteiger partial charge in [-0.25, -0.2) is 17.4 Å². The van der Waals surface area contributed by atoms with Gasteiger partial charge in [0.2, 0.25) is 10.0 Å². The van der Waals surface area contributed by atoms with Gasteiger partial charge in [-0.1, -0.05) is 13.0 Å². The Hall–Kier alpha value is -2.00. The molecule has 1 unspecified atom stereocenters. The molecule has 0 amide bonds. The van der Waals surface area contributed by atoms with E-state index in [-0.39, 0.29) is 17.0 Å². The first-order valence-electron chi connectivity index (χ1n) is 5.74. The van der Waals surface area contributed by atoms with Crippen molar-refractivity contribution in [1.82, 2.24) is 14.6 Å². The summed E-state index contributed by atoms with van der Waals surface area (Å²) < 4.78 is 30.4. The Balaban J connectivity index is 2.39. The Kier molecular flexibility index (Phi) is 3.73. The molecule has 0 saturated carbocycles. The molecule has 8 nitrogen and oxygen atoms in total. The van der Waals surface area contributed by atoms with Crippen LogP contribution in [0.5, 0.6) is 0 Å². The molecule has 1 N–H and O–H groups in total. The van der Waals surface area contributed by atoms with Crippen LogP contribution >= 0.6 is 0 Å². The molecule has 2 rings (SSSR count). The molecule has 0 aliphatic heterocycles. The zero-order valence-electron chi connectivity index (χ0n) is 10.8. The molecule has 1 atom stereocenters. The lowest BCUT2D eigenvalue weighted by molar-refractivity contribution is -0.141. The second kappa shape index (κ2) is 5.17. The molecule has 0 fully saturated rings. The highest BCUT2D eigenvalue weighted by atomic mass is 32.2. The van der Waals surface area contributed by atoms with E-state index in [1.54, 1.807) is 6.07 Å². The first-order valence-corrected chi connectivity index (χ1v) is 7.18. The van der Waals surface area contributed by atoms with Crippen molar-refractivity contribution in [3.05, 3.63) is 18.2 Å². The van der Waals surface area contributed by atoms with E-state index in [0.29, 0.717) is 5.52 Å². The normalized spacial score (nSPS) is 13.8. The van der Waals surface area contributed by atoms with Crippen molar-refractivity contribution in [2.75, 3.05) is 13.6 Å². The quantitative estimate of drug-likeness (QED) is 0.858. The van der Waals surface area contributed by atoms with E-state index in [1.807, 2.05) is 0 Å². The second-order valence-electron chi connectivity index (χ2n) is 4.41. The van der Waals surface area contributed by atoms with Gasteiger partial charge in [-0.05, 0) is 22.4 Å². The van der Waals surface area contributed by atoms with Crippen molar-refractivity contribution in [3.63, 3.8) is 0 Å². The number of hydrogen-bond acceptors (Lipinski definition) is 6. The lowest BCUT2D eigenvalue weighted by atomic mass is 10.2. The van der Waals surface area contributed by atoms with E-state index in [1.165, 1.54) is 26.1 Å². The van der Waals surface area contributed by atoms with Gasteiger partial charge < -0.3 is 5.11 Å². The number of benzene rings is 1. The van der Waals surface area contributed by atoms with E-state index < -0.39 is 21.9 Å². The van der Waals surface area contributed by atoms with Crippen molar-refractivity contribution >= 4 is 27.0 Å². The molecular formula is C11H13N3O5S. The molecule has 20 heavy (non-hydrogen) atoms. The minimum absolute atomic E-state index is 0.0589. The topological polar surface area (TPSA) is 114 Å². The van der Waals surface area contributed by atoms with Crippen LogP contribution in [0, 0.1) is 5.92 Å². The molecule has 1 heterocycles. The van der Waals surface area contributed by atoms with E-state index in [2.05, 4.69) is 14.9 Å². The van der Waals surface area contributed by atoms with Crippen LogP contribution in [-0.4, -0.2) is 47.7 Å². The lowest BCUT2D eigenvalue weighted by Crippen LogP contribution is -2.33. The Labute approximate surface area is 115 Å². The van der Waals surface area contributed by atoms with Crippen LogP contribution in [0.1, 0.15) is 6.92 Å². The van der Waals surface area contributed by atoms with Crippen molar-refractivity contribution < 1.29 is 22.9 Å². The average molecular weight is 299 g/mol. The molecular weight excluding hydrogens is 286 g/mol. The summed E-state index contributed by atoms with van der Waals surface area (Å²) in [4.78, 5) is 10.8. The third-order valence-corrected chi connectivity index (χ3v) is 4.74. The summed E-state index contributed by atoms with van der Waals surface area (Å²) in [5.74, 6) is -1.88. The monoisotopic (exact) mass is 299 g/mol. The Morgan fingerprint density at radius 3 is 2.80 bits per heavy atom. The number of fused-ring (bicyclic) bond motifs is 1. The number of carbonyl (C=O) groups is 1. The molecule has 2 aromatic rings. The molecule has 0 aliphatic rings. The number of aliphatic carboxylic acids is 1. The number of nitrogens with zero attached hydrogens (tertiary/aromatic N) is 3. The van der Waals surface area contributed by atoms with Gasteiger partial charge in [-0.2, -0.15) is 0 Å². The maximum Gasteiger partial charge on any atom is 0.307 e. The third-order valence-electron chi connectivity index (χ3n) is 2.89. The molecule has 9 heteroatoms. The first-order chi connectivity index (χ1) is 9.34. The number of hydrogen-bond donors (Lipinski definition) is 1. The first kappa shape index (κ1) is 14.4. The molecule has 0 bridgehead atoms. The fourth-order valence-electron chi connectivity index (χ4n) is 1.72. The van der Waals surface area contributed by atoms with Gasteiger partial charge in [0, 0.05) is 13.6 Å². The van der Waals surface area contributed by atoms with E-state index in [4.69, 9.17) is 5.11 Å². The van der Waals surface area contributed by atoms with Gasteiger partial charge in [-0.15, -0.1) is 0 Å². The SMILES string of the molecule is CC(CN(C)S(=O)(=O)c1cccc2nonc12)C(=O)O. The van der Waals surface area contributed by atoms with E-state index >= 15 is 0 Å². The Morgan fingerprint density at radius 1 is 1.45 bits per heavy atom. The van der Waals surface area contributed by atoms with Crippen molar-refractivity contribution in [2.24, 2.45) is 5.92 Å². The van der Waals surface area contributed by atoms with Gasteiger partial charge in [0.25, 0.3) is 0 Å². The van der Waals surface area contributed by atoms with Gasteiger partial charge in [-0.3, -0.25) is 4.79 Å². The summed E-state index contributed by atoms with van der Waals surface area (Å²) >= 11 is 0. The van der Waals surface area contributed by atoms with Crippen molar-refractivity contribution in [3.8, 4) is 0 Å². The third kappa shape index (κ3) is 2.49. The highest BCUT2D eigenvalue weighted by Gasteiger charge is 2.27. The summed E-state index contributed by atoms with van der Waals surface area (Å²) in [6, 6.07) is 4.47. The second-order valence-corrected chi connectivity index (χ2v) is 6.43. The molecule has 0 aliphatic carbocycles. The van der Waals surface area contributed by atoms with Crippen LogP contribution in [0.25, 0.3) is 11.0 Å². The van der Waals surface area contributed by atoms with E-state index in [9.17, 15) is 13.2 Å². The fourth-order valence-corrected chi connectivity index (χ4v) is 3.11. The summed E-state index contributed by atoms with van der Waals surface area (Å²) in [6.07, 6.45) is 0. The molecule has 108 valence electrons. The molecule has 0 spiro atoms. The lowest BCUT2D eigenvalue weighted by Gasteiger charge is -2.19. The zero-order chi connectivity index (χ0) is 14.9. The molecule has 0 radical (unpaired) electrons. The Bertz CT molecular complexity index is 739. The number of aromatic nitrogens is 2. The standard InChI is InChI=1S/C11H13N3O5S/c1-7(11(15)16)6-14(2)20(17,18)9-5-3-4-8-10(9)13-19-12-8/h3-5,7H,6H2,1-2H3,(H,15,16). The summed E-state index contributed by atoms with van der Waals surface area (Å²) in [5, 5.41) is 16.0. The summed E-state index contributed by atoms with van der Waals surface area (Å²) in [5.41, 5.74) is 0.452. The predicted molar refractivity (Wildman–Crippen MR) is 68.4 cm³/mol. The van der Waals surface area contributed by atoms with Crippen molar-refractivity contribution in [1.29, 1.82) is 0 Å². The van der Waals surface area contributed by atoms with Crippen LogP contribution in [0.2, 0.25) is 0 Å². The minimum atomic E-state index is -3.86. The highest BCUT2D eigenvalue weighted by molar-refractivity contribution is 7.89. The summed E-state index contributed by atoms with van der Waals surface area (Å²) in [6.45, 7) is 1.30. The molecule has 0 saturated heterocycles. The van der Waals surface area contributed by atoms with Crippen LogP contribution in [0.15, 0.2) is 27.7 Å². The van der Waals surface area contributed by atoms with E-state index in [0.717, 1.165) is 4.31 Å². The largest absolute Gasteiger partial charge is 0.481 e. The molecule has 1 aromatic carbocycles. The number of carboxylic acid groups (broad SMARTS) is 1. The number of sulfonamides is 1. The highest BCUT2D eigenvalue weighted by Crippen LogP contribution is 2.23. The minimum Gasteiger partial charge on any atom is -0.481 e. The van der Waals surface area contributed by atoms with Crippen LogP contribution < -0.4 is 0 Å². The predicted octanol–water partition coefficient (Wildman–Crippen LogP) is 0.564. The number of rotatable bonds is 5. The smallest absolute Gasteiger partial charge is 0.307 e. The number of carboxylic acids is 1. The van der Waals surface area contributed by atoms with Crippen LogP contribution in [0.3, 0.4) is 0 Å². The fraction of sp³-hybridized carbons (Fsp3) is 0.364. The van der Waals surface area contributed by atoms with Crippen molar-refractivity contribution in [2.45, 2.75) is 11.8 Å². The Morgan fingerprint density at radius 2 is 2.15 bits per heavy atom. The van der Waals surface area contributed by atoms with Crippen LogP contribution in [0.4, 0.5) is 0 Å². The van der Waals surface area contributed by atoms with Gasteiger partial charge in [0.15, 0.2) is 5.52 Å². The van der Waals surface area contributed by atoms with Gasteiger partial charge >= 0.3 is 5.97 Å². The van der Waals surface area contributed by atoms with Gasteiger partial charge in [0.05, 0.1) is 5.92 Å². The van der Waals surface area contributed by atoms with Gasteiger partial charge in [0.1, 0.15) is 10.4 Å². The maximum atomic E-state index is 12.4.